The SMILES string of the molecule is CC(C)(C)OC(=O)N1CCC[C@@H](CCCOc2ncccc2[N+](=O)[O-])C1. The molecule has 1 aliphatic rings. The summed E-state index contributed by atoms with van der Waals surface area (Å²) in [5, 5.41) is 10.9. The Labute approximate surface area is 153 Å². The fourth-order valence-electron chi connectivity index (χ4n) is 2.97. The summed E-state index contributed by atoms with van der Waals surface area (Å²) >= 11 is 0. The number of piperidine rings is 1. The summed E-state index contributed by atoms with van der Waals surface area (Å²) in [7, 11) is 0. The molecule has 0 aromatic carbocycles. The number of hydrogen-bond acceptors (Lipinski definition) is 6. The van der Waals surface area contributed by atoms with Gasteiger partial charge in [0, 0.05) is 25.4 Å². The second-order valence-electron chi connectivity index (χ2n) is 7.51. The molecule has 8 heteroatoms. The zero-order chi connectivity index (χ0) is 19.2. The maximum absolute atomic E-state index is 12.2. The first-order valence-electron chi connectivity index (χ1n) is 8.96. The third-order valence-electron chi connectivity index (χ3n) is 4.11. The van der Waals surface area contributed by atoms with E-state index in [0.717, 1.165) is 32.2 Å². The number of ether oxygens (including phenoxy) is 2. The maximum atomic E-state index is 12.2. The molecule has 26 heavy (non-hydrogen) atoms. The number of likely N-dealkylation sites (tertiary alicyclic amines) is 1. The van der Waals surface area contributed by atoms with Crippen LogP contribution in [0.2, 0.25) is 0 Å². The number of carbonyl (C=O) groups is 1. The molecule has 1 fully saturated rings. The summed E-state index contributed by atoms with van der Waals surface area (Å²) in [5.74, 6) is 0.440. The predicted molar refractivity (Wildman–Crippen MR) is 96.2 cm³/mol. The van der Waals surface area contributed by atoms with Crippen molar-refractivity contribution in [1.29, 1.82) is 0 Å². The molecule has 0 saturated carbocycles. The topological polar surface area (TPSA) is 94.8 Å². The first kappa shape index (κ1) is 19.9. The van der Waals surface area contributed by atoms with E-state index in [2.05, 4.69) is 4.98 Å². The molecular formula is C18H27N3O5. The smallest absolute Gasteiger partial charge is 0.410 e. The number of aromatic nitrogens is 1. The van der Waals surface area contributed by atoms with Crippen LogP contribution < -0.4 is 4.74 Å². The highest BCUT2D eigenvalue weighted by Crippen LogP contribution is 2.25. The highest BCUT2D eigenvalue weighted by atomic mass is 16.6. The van der Waals surface area contributed by atoms with Gasteiger partial charge in [0.1, 0.15) is 5.60 Å². The van der Waals surface area contributed by atoms with E-state index in [-0.39, 0.29) is 17.7 Å². The molecule has 1 aromatic heterocycles. The Morgan fingerprint density at radius 1 is 1.46 bits per heavy atom. The quantitative estimate of drug-likeness (QED) is 0.432. The van der Waals surface area contributed by atoms with Gasteiger partial charge in [-0.15, -0.1) is 0 Å². The molecule has 144 valence electrons. The molecule has 0 N–H and O–H groups in total. The number of pyridine rings is 1. The van der Waals surface area contributed by atoms with Crippen molar-refractivity contribution in [3.63, 3.8) is 0 Å². The fraction of sp³-hybridized carbons (Fsp3) is 0.667. The molecule has 0 aliphatic carbocycles. The molecule has 8 nitrogen and oxygen atoms in total. The lowest BCUT2D eigenvalue weighted by molar-refractivity contribution is -0.386. The van der Waals surface area contributed by atoms with E-state index in [1.165, 1.54) is 18.3 Å². The molecule has 1 atom stereocenters. The minimum Gasteiger partial charge on any atom is -0.473 e. The highest BCUT2D eigenvalue weighted by Gasteiger charge is 2.27. The van der Waals surface area contributed by atoms with Crippen molar-refractivity contribution in [2.45, 2.75) is 52.1 Å². The van der Waals surface area contributed by atoms with E-state index in [4.69, 9.17) is 9.47 Å². The first-order chi connectivity index (χ1) is 12.3. The number of amides is 1. The van der Waals surface area contributed by atoms with Gasteiger partial charge in [-0.25, -0.2) is 9.78 Å². The monoisotopic (exact) mass is 365 g/mol. The Balaban J connectivity index is 1.76. The van der Waals surface area contributed by atoms with Crippen molar-refractivity contribution in [3.8, 4) is 5.88 Å². The molecule has 0 radical (unpaired) electrons. The van der Waals surface area contributed by atoms with Gasteiger partial charge in [-0.1, -0.05) is 0 Å². The van der Waals surface area contributed by atoms with Crippen molar-refractivity contribution >= 4 is 11.8 Å². The Bertz CT molecular complexity index is 629. The van der Waals surface area contributed by atoms with Crippen LogP contribution in [0.15, 0.2) is 18.3 Å². The average molecular weight is 365 g/mol. The van der Waals surface area contributed by atoms with E-state index in [1.807, 2.05) is 20.8 Å². The molecule has 1 aliphatic heterocycles. The van der Waals surface area contributed by atoms with E-state index in [0.29, 0.717) is 19.1 Å². The summed E-state index contributed by atoms with van der Waals surface area (Å²) in [6.45, 7) is 7.35. The molecule has 2 rings (SSSR count). The van der Waals surface area contributed by atoms with Crippen LogP contribution in [0.25, 0.3) is 0 Å². The van der Waals surface area contributed by atoms with Crippen LogP contribution in [0.1, 0.15) is 46.5 Å². The van der Waals surface area contributed by atoms with E-state index in [9.17, 15) is 14.9 Å². The Morgan fingerprint density at radius 2 is 2.23 bits per heavy atom. The van der Waals surface area contributed by atoms with Crippen LogP contribution in [0.5, 0.6) is 5.88 Å². The van der Waals surface area contributed by atoms with E-state index in [1.54, 1.807) is 4.90 Å². The highest BCUT2D eigenvalue weighted by molar-refractivity contribution is 5.68. The number of nitrogens with zero attached hydrogens (tertiary/aromatic N) is 3. The predicted octanol–water partition coefficient (Wildman–Crippen LogP) is 3.80. The number of nitro groups is 1. The molecule has 0 bridgehead atoms. The molecular weight excluding hydrogens is 338 g/mol. The lowest BCUT2D eigenvalue weighted by Gasteiger charge is -2.34. The Hall–Kier alpha value is -2.38. The fourth-order valence-corrected chi connectivity index (χ4v) is 2.97. The largest absolute Gasteiger partial charge is 0.473 e. The number of rotatable bonds is 6. The summed E-state index contributed by atoms with van der Waals surface area (Å²) < 4.78 is 10.9. The molecule has 1 saturated heterocycles. The maximum Gasteiger partial charge on any atom is 0.410 e. The lowest BCUT2D eigenvalue weighted by Crippen LogP contribution is -2.42. The van der Waals surface area contributed by atoms with Crippen molar-refractivity contribution in [1.82, 2.24) is 9.88 Å². The van der Waals surface area contributed by atoms with Crippen LogP contribution in [0, 0.1) is 16.0 Å². The third kappa shape index (κ3) is 6.16. The van der Waals surface area contributed by atoms with Gasteiger partial charge in [0.15, 0.2) is 0 Å². The minimum absolute atomic E-state index is 0.0523. The summed E-state index contributed by atoms with van der Waals surface area (Å²) in [4.78, 5) is 28.3. The zero-order valence-corrected chi connectivity index (χ0v) is 15.6. The van der Waals surface area contributed by atoms with Gasteiger partial charge in [-0.3, -0.25) is 10.1 Å². The van der Waals surface area contributed by atoms with Gasteiger partial charge in [-0.05, 0) is 58.4 Å². The number of hydrogen-bond donors (Lipinski definition) is 0. The standard InChI is InChI=1S/C18H27N3O5/c1-18(2,3)26-17(22)20-11-5-7-14(13-20)8-6-12-25-16-15(21(23)24)9-4-10-19-16/h4,9-10,14H,5-8,11-13H2,1-3H3/t14-/m0/s1. The van der Waals surface area contributed by atoms with Crippen molar-refractivity contribution in [2.75, 3.05) is 19.7 Å². The Kier molecular flexibility index (Phi) is 6.76. The molecule has 1 amide bonds. The molecule has 1 aromatic rings. The van der Waals surface area contributed by atoms with Gasteiger partial charge in [-0.2, -0.15) is 0 Å². The van der Waals surface area contributed by atoms with Gasteiger partial charge in [0.2, 0.25) is 0 Å². The number of carbonyl (C=O) groups excluding carboxylic acids is 1. The third-order valence-corrected chi connectivity index (χ3v) is 4.11. The molecule has 0 spiro atoms. The van der Waals surface area contributed by atoms with Gasteiger partial charge in [0.05, 0.1) is 11.5 Å². The first-order valence-corrected chi connectivity index (χ1v) is 8.96. The van der Waals surface area contributed by atoms with Crippen LogP contribution in [0.4, 0.5) is 10.5 Å². The van der Waals surface area contributed by atoms with Crippen molar-refractivity contribution in [2.24, 2.45) is 5.92 Å². The Morgan fingerprint density at radius 3 is 2.92 bits per heavy atom. The van der Waals surface area contributed by atoms with E-state index < -0.39 is 10.5 Å². The van der Waals surface area contributed by atoms with Crippen molar-refractivity contribution < 1.29 is 19.2 Å². The van der Waals surface area contributed by atoms with Gasteiger partial charge < -0.3 is 14.4 Å². The van der Waals surface area contributed by atoms with Crippen LogP contribution in [-0.2, 0) is 4.74 Å². The summed E-state index contributed by atoms with van der Waals surface area (Å²) in [5.41, 5.74) is -0.615. The lowest BCUT2D eigenvalue weighted by atomic mass is 9.94. The molecule has 0 unspecified atom stereocenters. The summed E-state index contributed by atoms with van der Waals surface area (Å²) in [6.07, 6.45) is 4.87. The van der Waals surface area contributed by atoms with Gasteiger partial charge >= 0.3 is 11.8 Å². The van der Waals surface area contributed by atoms with Crippen LogP contribution in [-0.4, -0.2) is 46.2 Å². The normalized spacial score (nSPS) is 17.7. The summed E-state index contributed by atoms with van der Waals surface area (Å²) in [6, 6.07) is 2.89. The van der Waals surface area contributed by atoms with Gasteiger partial charge in [0.25, 0.3) is 5.88 Å². The second-order valence-corrected chi connectivity index (χ2v) is 7.51. The zero-order valence-electron chi connectivity index (χ0n) is 15.6. The molecule has 2 heterocycles. The van der Waals surface area contributed by atoms with E-state index >= 15 is 0 Å². The van der Waals surface area contributed by atoms with Crippen molar-refractivity contribution in [3.05, 3.63) is 28.4 Å². The average Bonchev–Trinajstić information content (AvgIpc) is 2.58. The van der Waals surface area contributed by atoms with Crippen LogP contribution in [0.3, 0.4) is 0 Å². The second kappa shape index (κ2) is 8.82. The van der Waals surface area contributed by atoms with Crippen LogP contribution >= 0.6 is 0 Å². The minimum atomic E-state index is -0.498.